The lowest BCUT2D eigenvalue weighted by Gasteiger charge is -2.41. The molecule has 0 bridgehead atoms. The summed E-state index contributed by atoms with van der Waals surface area (Å²) >= 11 is 5.75. The summed E-state index contributed by atoms with van der Waals surface area (Å²) in [5, 5.41) is 6.46. The maximum Gasteiger partial charge on any atom is 0.260 e. The van der Waals surface area contributed by atoms with Crippen molar-refractivity contribution in [2.75, 3.05) is 20.1 Å². The molecule has 0 radical (unpaired) electrons. The first-order chi connectivity index (χ1) is 8.87. The Bertz CT molecular complexity index is 533. The minimum Gasteiger partial charge on any atom is -0.298 e. The topological polar surface area (TPSA) is 69.3 Å². The van der Waals surface area contributed by atoms with Gasteiger partial charge in [-0.25, -0.2) is 8.42 Å². The van der Waals surface area contributed by atoms with Gasteiger partial charge >= 0.3 is 0 Å². The molecule has 2 unspecified atom stereocenters. The zero-order valence-electron chi connectivity index (χ0n) is 11.3. The summed E-state index contributed by atoms with van der Waals surface area (Å²) in [6.07, 6.45) is 1.46. The molecule has 1 saturated heterocycles. The van der Waals surface area contributed by atoms with Gasteiger partial charge < -0.3 is 0 Å². The highest BCUT2D eigenvalue weighted by atomic mass is 35.5. The van der Waals surface area contributed by atoms with Crippen LogP contribution in [0.15, 0.2) is 11.2 Å². The smallest absolute Gasteiger partial charge is 0.260 e. The summed E-state index contributed by atoms with van der Waals surface area (Å²) in [7, 11) is -1.53. The number of sulfonamides is 1. The van der Waals surface area contributed by atoms with Crippen molar-refractivity contribution in [3.05, 3.63) is 11.8 Å². The van der Waals surface area contributed by atoms with Crippen LogP contribution in [0.4, 0.5) is 0 Å². The molecule has 1 aliphatic heterocycles. The molecular weight excluding hydrogens is 288 g/mol. The Morgan fingerprint density at radius 2 is 2.00 bits per heavy atom. The lowest BCUT2D eigenvalue weighted by Crippen LogP contribution is -2.56. The summed E-state index contributed by atoms with van der Waals surface area (Å²) in [6.45, 7) is 5.00. The van der Waals surface area contributed by atoms with Gasteiger partial charge in [-0.2, -0.15) is 9.40 Å². The molecule has 19 heavy (non-hydrogen) atoms. The Kier molecular flexibility index (Phi) is 4.20. The second-order valence-electron chi connectivity index (χ2n) is 5.04. The van der Waals surface area contributed by atoms with E-state index in [1.807, 2.05) is 20.9 Å². The molecule has 0 saturated carbocycles. The third-order valence-electron chi connectivity index (χ3n) is 3.75. The lowest BCUT2D eigenvalue weighted by atomic mass is 10.1. The van der Waals surface area contributed by atoms with E-state index in [4.69, 9.17) is 11.6 Å². The van der Waals surface area contributed by atoms with E-state index in [9.17, 15) is 8.42 Å². The minimum absolute atomic E-state index is 0.117. The number of aromatic nitrogens is 2. The SMILES string of the molecule is CC1CN(S(=O)(=O)c2[nH]ncc2CCl)CC(C)N1C. The van der Waals surface area contributed by atoms with Gasteiger partial charge in [0, 0.05) is 30.7 Å². The Morgan fingerprint density at radius 1 is 1.42 bits per heavy atom. The largest absolute Gasteiger partial charge is 0.298 e. The molecule has 1 fully saturated rings. The van der Waals surface area contributed by atoms with Gasteiger partial charge in [-0.1, -0.05) is 0 Å². The van der Waals surface area contributed by atoms with Gasteiger partial charge in [-0.3, -0.25) is 10.00 Å². The van der Waals surface area contributed by atoms with Crippen LogP contribution in [0.5, 0.6) is 0 Å². The third kappa shape index (κ3) is 2.65. The molecular formula is C11H19ClN4O2S. The van der Waals surface area contributed by atoms with Crippen molar-refractivity contribution in [2.45, 2.75) is 36.8 Å². The molecule has 0 spiro atoms. The number of hydrogen-bond donors (Lipinski definition) is 1. The molecule has 1 aromatic heterocycles. The highest BCUT2D eigenvalue weighted by molar-refractivity contribution is 7.89. The van der Waals surface area contributed by atoms with Gasteiger partial charge in [0.2, 0.25) is 0 Å². The van der Waals surface area contributed by atoms with Crippen LogP contribution in [0, 0.1) is 0 Å². The van der Waals surface area contributed by atoms with Gasteiger partial charge in [0.05, 0.1) is 12.1 Å². The summed E-state index contributed by atoms with van der Waals surface area (Å²) in [5.41, 5.74) is 0.515. The summed E-state index contributed by atoms with van der Waals surface area (Å²) in [6, 6.07) is 0.363. The average Bonchev–Trinajstić information content (AvgIpc) is 2.84. The molecule has 8 heteroatoms. The standard InChI is InChI=1S/C11H19ClN4O2S/c1-8-6-16(7-9(2)15(8)3)19(17,18)11-10(4-12)5-13-14-11/h5,8-9H,4,6-7H2,1-3H3,(H,13,14). The number of nitrogens with one attached hydrogen (secondary N) is 1. The monoisotopic (exact) mass is 306 g/mol. The molecule has 1 aliphatic rings. The minimum atomic E-state index is -3.55. The van der Waals surface area contributed by atoms with Crippen molar-refractivity contribution in [1.82, 2.24) is 19.4 Å². The van der Waals surface area contributed by atoms with Crippen molar-refractivity contribution in [3.8, 4) is 0 Å². The van der Waals surface area contributed by atoms with E-state index in [0.29, 0.717) is 18.7 Å². The highest BCUT2D eigenvalue weighted by Gasteiger charge is 2.36. The molecule has 2 atom stereocenters. The predicted molar refractivity (Wildman–Crippen MR) is 73.6 cm³/mol. The van der Waals surface area contributed by atoms with Crippen LogP contribution >= 0.6 is 11.6 Å². The van der Waals surface area contributed by atoms with Gasteiger partial charge in [-0.05, 0) is 20.9 Å². The number of alkyl halides is 1. The van der Waals surface area contributed by atoms with Gasteiger partial charge in [0.15, 0.2) is 5.03 Å². The normalized spacial score (nSPS) is 26.7. The highest BCUT2D eigenvalue weighted by Crippen LogP contribution is 2.23. The van der Waals surface area contributed by atoms with E-state index in [1.54, 1.807) is 0 Å². The van der Waals surface area contributed by atoms with Crippen molar-refractivity contribution in [2.24, 2.45) is 0 Å². The Morgan fingerprint density at radius 3 is 2.53 bits per heavy atom. The number of H-pyrrole nitrogens is 1. The first kappa shape index (κ1) is 14.8. The van der Waals surface area contributed by atoms with Crippen LogP contribution in [0.2, 0.25) is 0 Å². The first-order valence-electron chi connectivity index (χ1n) is 6.18. The van der Waals surface area contributed by atoms with Crippen molar-refractivity contribution in [1.29, 1.82) is 0 Å². The molecule has 6 nitrogen and oxygen atoms in total. The maximum absolute atomic E-state index is 12.6. The molecule has 108 valence electrons. The molecule has 0 amide bonds. The molecule has 2 rings (SSSR count). The van der Waals surface area contributed by atoms with E-state index in [-0.39, 0.29) is 23.0 Å². The zero-order valence-corrected chi connectivity index (χ0v) is 12.9. The predicted octanol–water partition coefficient (Wildman–Crippen LogP) is 0.862. The number of aromatic amines is 1. The van der Waals surface area contributed by atoms with E-state index in [2.05, 4.69) is 15.1 Å². The van der Waals surface area contributed by atoms with Crippen LogP contribution in [-0.4, -0.2) is 60.0 Å². The zero-order chi connectivity index (χ0) is 14.2. The number of hydrogen-bond acceptors (Lipinski definition) is 4. The van der Waals surface area contributed by atoms with Gasteiger partial charge in [0.25, 0.3) is 10.0 Å². The van der Waals surface area contributed by atoms with Crippen LogP contribution in [0.25, 0.3) is 0 Å². The van der Waals surface area contributed by atoms with E-state index in [0.717, 1.165) is 0 Å². The molecule has 0 aromatic carbocycles. The molecule has 1 aromatic rings. The fourth-order valence-electron chi connectivity index (χ4n) is 2.30. The molecule has 1 N–H and O–H groups in total. The second-order valence-corrected chi connectivity index (χ2v) is 7.19. The maximum atomic E-state index is 12.6. The number of likely N-dealkylation sites (N-methyl/N-ethyl adjacent to an activating group) is 1. The Labute approximate surface area is 118 Å². The van der Waals surface area contributed by atoms with Crippen molar-refractivity contribution < 1.29 is 8.42 Å². The van der Waals surface area contributed by atoms with Gasteiger partial charge in [-0.15, -0.1) is 11.6 Å². The fraction of sp³-hybridized carbons (Fsp3) is 0.727. The Hall–Kier alpha value is -0.630. The number of nitrogens with zero attached hydrogens (tertiary/aromatic N) is 3. The Balaban J connectivity index is 2.31. The van der Waals surface area contributed by atoms with Crippen molar-refractivity contribution in [3.63, 3.8) is 0 Å². The first-order valence-corrected chi connectivity index (χ1v) is 8.15. The summed E-state index contributed by atoms with van der Waals surface area (Å²) in [5.74, 6) is 0.129. The van der Waals surface area contributed by atoms with Crippen LogP contribution in [0.3, 0.4) is 0 Å². The molecule has 2 heterocycles. The third-order valence-corrected chi connectivity index (χ3v) is 5.88. The van der Waals surface area contributed by atoms with Gasteiger partial charge in [0.1, 0.15) is 0 Å². The number of halogens is 1. The number of rotatable bonds is 3. The van der Waals surface area contributed by atoms with Crippen LogP contribution in [0.1, 0.15) is 19.4 Å². The van der Waals surface area contributed by atoms with Crippen molar-refractivity contribution >= 4 is 21.6 Å². The average molecular weight is 307 g/mol. The summed E-state index contributed by atoms with van der Waals surface area (Å²) < 4.78 is 26.7. The fourth-order valence-corrected chi connectivity index (χ4v) is 4.29. The van der Waals surface area contributed by atoms with E-state index in [1.165, 1.54) is 10.5 Å². The van der Waals surface area contributed by atoms with E-state index >= 15 is 0 Å². The van der Waals surface area contributed by atoms with Crippen LogP contribution < -0.4 is 0 Å². The molecule has 0 aliphatic carbocycles. The summed E-state index contributed by atoms with van der Waals surface area (Å²) in [4.78, 5) is 2.18. The number of piperazine rings is 1. The lowest BCUT2D eigenvalue weighted by molar-refractivity contribution is 0.105. The quantitative estimate of drug-likeness (QED) is 0.841. The van der Waals surface area contributed by atoms with E-state index < -0.39 is 10.0 Å². The second kappa shape index (κ2) is 5.40. The van der Waals surface area contributed by atoms with Crippen LogP contribution in [-0.2, 0) is 15.9 Å².